The van der Waals surface area contributed by atoms with Gasteiger partial charge in [0.05, 0.1) is 6.61 Å². The molecule has 0 amide bonds. The van der Waals surface area contributed by atoms with E-state index in [9.17, 15) is 4.79 Å². The van der Waals surface area contributed by atoms with Crippen LogP contribution in [-0.2, 0) is 20.7 Å². The molecule has 30 heavy (non-hydrogen) atoms. The summed E-state index contributed by atoms with van der Waals surface area (Å²) in [6.45, 7) is 4.96. The van der Waals surface area contributed by atoms with Gasteiger partial charge in [-0.05, 0) is 60.0 Å². The highest BCUT2D eigenvalue weighted by Gasteiger charge is 2.20. The second-order valence-corrected chi connectivity index (χ2v) is 6.86. The highest BCUT2D eigenvalue weighted by Crippen LogP contribution is 2.17. The van der Waals surface area contributed by atoms with Gasteiger partial charge in [-0.2, -0.15) is 0 Å². The number of carbonyl (C=O) groups excluding carboxylic acids is 1. The number of hydrogen-bond donors (Lipinski definition) is 0. The molecular weight excluding hydrogens is 376 g/mol. The number of carbonyl (C=O) groups is 1. The number of ether oxygens (including phenoxy) is 3. The maximum Gasteiger partial charge on any atom is 0.335 e. The molecule has 1 unspecified atom stereocenters. The molecule has 3 aromatic rings. The van der Waals surface area contributed by atoms with Crippen molar-refractivity contribution in [1.29, 1.82) is 0 Å². The highest BCUT2D eigenvalue weighted by molar-refractivity contribution is 5.84. The van der Waals surface area contributed by atoms with E-state index >= 15 is 0 Å². The minimum Gasteiger partial charge on any atom is -0.490 e. The molecule has 3 aromatic carbocycles. The maximum atomic E-state index is 12.0. The standard InChI is InChI=1S/C26H28O4/c1-3-28-25(26(27)29-4-2)19-21-12-15-24(16-13-21)30-17-7-8-20-11-14-22-9-5-6-10-23(22)18-20/h5-16,18,25H,3-4,17,19H2,1-2H3/b8-7+. The highest BCUT2D eigenvalue weighted by atomic mass is 16.6. The van der Waals surface area contributed by atoms with Crippen LogP contribution in [0.4, 0.5) is 0 Å². The number of esters is 1. The van der Waals surface area contributed by atoms with Crippen LogP contribution in [0, 0.1) is 0 Å². The van der Waals surface area contributed by atoms with E-state index in [1.54, 1.807) is 6.92 Å². The second kappa shape index (κ2) is 11.2. The summed E-state index contributed by atoms with van der Waals surface area (Å²) < 4.78 is 16.4. The Morgan fingerprint density at radius 1 is 0.933 bits per heavy atom. The molecule has 0 saturated heterocycles. The molecule has 0 heterocycles. The quantitative estimate of drug-likeness (QED) is 0.422. The number of hydrogen-bond acceptors (Lipinski definition) is 4. The van der Waals surface area contributed by atoms with E-state index < -0.39 is 6.10 Å². The molecule has 4 heteroatoms. The first kappa shape index (κ1) is 21.6. The molecule has 0 aliphatic heterocycles. The van der Waals surface area contributed by atoms with E-state index in [-0.39, 0.29) is 5.97 Å². The van der Waals surface area contributed by atoms with Gasteiger partial charge in [0.2, 0.25) is 0 Å². The molecule has 4 nitrogen and oxygen atoms in total. The van der Waals surface area contributed by atoms with Crippen LogP contribution in [0.3, 0.4) is 0 Å². The molecule has 0 spiro atoms. The molecule has 0 bridgehead atoms. The number of fused-ring (bicyclic) bond motifs is 1. The molecule has 0 N–H and O–H groups in total. The van der Waals surface area contributed by atoms with Gasteiger partial charge in [-0.1, -0.05) is 54.6 Å². The average Bonchev–Trinajstić information content (AvgIpc) is 2.77. The van der Waals surface area contributed by atoms with E-state index in [2.05, 4.69) is 36.4 Å². The summed E-state index contributed by atoms with van der Waals surface area (Å²) in [5.41, 5.74) is 2.15. The lowest BCUT2D eigenvalue weighted by Crippen LogP contribution is -2.28. The number of rotatable bonds is 10. The molecule has 0 radical (unpaired) electrons. The van der Waals surface area contributed by atoms with Gasteiger partial charge in [0.1, 0.15) is 12.4 Å². The third kappa shape index (κ3) is 6.19. The lowest BCUT2D eigenvalue weighted by Gasteiger charge is -2.15. The molecule has 3 rings (SSSR count). The van der Waals surface area contributed by atoms with E-state index in [0.717, 1.165) is 16.9 Å². The van der Waals surface area contributed by atoms with Gasteiger partial charge in [-0.25, -0.2) is 4.79 Å². The van der Waals surface area contributed by atoms with Gasteiger partial charge in [-0.15, -0.1) is 0 Å². The average molecular weight is 405 g/mol. The fraction of sp³-hybridized carbons (Fsp3) is 0.269. The molecular formula is C26H28O4. The molecule has 0 aliphatic rings. The molecule has 0 aromatic heterocycles. The predicted molar refractivity (Wildman–Crippen MR) is 121 cm³/mol. The van der Waals surface area contributed by atoms with Crippen LogP contribution in [0.25, 0.3) is 16.8 Å². The molecule has 156 valence electrons. The van der Waals surface area contributed by atoms with Crippen LogP contribution in [0.2, 0.25) is 0 Å². The van der Waals surface area contributed by atoms with Gasteiger partial charge in [0.15, 0.2) is 6.10 Å². The van der Waals surface area contributed by atoms with Crippen molar-refractivity contribution in [2.75, 3.05) is 19.8 Å². The predicted octanol–water partition coefficient (Wildman–Crippen LogP) is 5.44. The zero-order valence-electron chi connectivity index (χ0n) is 17.5. The topological polar surface area (TPSA) is 44.8 Å². The van der Waals surface area contributed by atoms with Crippen molar-refractivity contribution in [1.82, 2.24) is 0 Å². The Bertz CT molecular complexity index is 976. The fourth-order valence-corrected chi connectivity index (χ4v) is 3.22. The van der Waals surface area contributed by atoms with Gasteiger partial charge in [0, 0.05) is 13.0 Å². The first-order valence-corrected chi connectivity index (χ1v) is 10.3. The summed E-state index contributed by atoms with van der Waals surface area (Å²) in [6, 6.07) is 22.4. The fourth-order valence-electron chi connectivity index (χ4n) is 3.22. The molecule has 0 fully saturated rings. The summed E-state index contributed by atoms with van der Waals surface area (Å²) >= 11 is 0. The SMILES string of the molecule is CCOC(=O)C(Cc1ccc(OC/C=C/c2ccc3ccccc3c2)cc1)OCC. The summed E-state index contributed by atoms with van der Waals surface area (Å²) in [4.78, 5) is 12.0. The lowest BCUT2D eigenvalue weighted by molar-refractivity contribution is -0.156. The Morgan fingerprint density at radius 3 is 2.43 bits per heavy atom. The Morgan fingerprint density at radius 2 is 1.70 bits per heavy atom. The van der Waals surface area contributed by atoms with Gasteiger partial charge in [-0.3, -0.25) is 0 Å². The Kier molecular flexibility index (Phi) is 8.04. The van der Waals surface area contributed by atoms with Crippen LogP contribution in [0.1, 0.15) is 25.0 Å². The van der Waals surface area contributed by atoms with Gasteiger partial charge in [0.25, 0.3) is 0 Å². The summed E-state index contributed by atoms with van der Waals surface area (Å²) in [7, 11) is 0. The summed E-state index contributed by atoms with van der Waals surface area (Å²) in [6.07, 6.45) is 3.97. The van der Waals surface area contributed by atoms with Crippen LogP contribution >= 0.6 is 0 Å². The largest absolute Gasteiger partial charge is 0.490 e. The van der Waals surface area contributed by atoms with Crippen LogP contribution in [-0.4, -0.2) is 31.9 Å². The van der Waals surface area contributed by atoms with Crippen molar-refractivity contribution >= 4 is 22.8 Å². The first-order chi connectivity index (χ1) is 14.7. The van der Waals surface area contributed by atoms with Crippen molar-refractivity contribution in [2.45, 2.75) is 26.4 Å². The third-order valence-corrected chi connectivity index (χ3v) is 4.69. The third-order valence-electron chi connectivity index (χ3n) is 4.69. The van der Waals surface area contributed by atoms with Gasteiger partial charge < -0.3 is 14.2 Å². The minimum atomic E-state index is -0.577. The Labute approximate surface area is 178 Å². The van der Waals surface area contributed by atoms with E-state index in [0.29, 0.717) is 26.2 Å². The normalized spacial score (nSPS) is 12.2. The van der Waals surface area contributed by atoms with Crippen LogP contribution in [0.5, 0.6) is 5.75 Å². The zero-order chi connectivity index (χ0) is 21.2. The van der Waals surface area contributed by atoms with Crippen molar-refractivity contribution in [2.24, 2.45) is 0 Å². The smallest absolute Gasteiger partial charge is 0.335 e. The Hall–Kier alpha value is -3.11. The van der Waals surface area contributed by atoms with Crippen LogP contribution < -0.4 is 4.74 Å². The number of benzene rings is 3. The van der Waals surface area contributed by atoms with Crippen molar-refractivity contribution in [3.05, 3.63) is 83.9 Å². The van der Waals surface area contributed by atoms with Crippen molar-refractivity contribution in [3.63, 3.8) is 0 Å². The van der Waals surface area contributed by atoms with Crippen molar-refractivity contribution in [3.8, 4) is 5.75 Å². The zero-order valence-corrected chi connectivity index (χ0v) is 17.5. The van der Waals surface area contributed by atoms with Crippen LogP contribution in [0.15, 0.2) is 72.8 Å². The maximum absolute atomic E-state index is 12.0. The van der Waals surface area contributed by atoms with E-state index in [4.69, 9.17) is 14.2 Å². The minimum absolute atomic E-state index is 0.321. The van der Waals surface area contributed by atoms with E-state index in [1.807, 2.05) is 49.4 Å². The van der Waals surface area contributed by atoms with E-state index in [1.165, 1.54) is 10.8 Å². The van der Waals surface area contributed by atoms with Crippen molar-refractivity contribution < 1.29 is 19.0 Å². The molecule has 1 atom stereocenters. The second-order valence-electron chi connectivity index (χ2n) is 6.86. The molecule has 0 aliphatic carbocycles. The first-order valence-electron chi connectivity index (χ1n) is 10.3. The molecule has 0 saturated carbocycles. The Balaban J connectivity index is 1.52. The monoisotopic (exact) mass is 404 g/mol. The van der Waals surface area contributed by atoms with Gasteiger partial charge >= 0.3 is 5.97 Å². The summed E-state index contributed by atoms with van der Waals surface area (Å²) in [5, 5.41) is 2.46. The summed E-state index contributed by atoms with van der Waals surface area (Å²) in [5.74, 6) is 0.463. The lowest BCUT2D eigenvalue weighted by atomic mass is 10.1.